The normalized spacial score (nSPS) is 23.6. The Hall–Kier alpha value is -2.87. The molecule has 0 aromatic heterocycles. The summed E-state index contributed by atoms with van der Waals surface area (Å²) < 4.78 is 30.4. The quantitative estimate of drug-likeness (QED) is 0.558. The molecule has 1 saturated heterocycles. The van der Waals surface area contributed by atoms with E-state index >= 15 is 0 Å². The number of carbonyl (C=O) groups excluding carboxylic acids is 3. The molecule has 0 saturated carbocycles. The molecule has 4 atom stereocenters. The van der Waals surface area contributed by atoms with Gasteiger partial charge in [-0.2, -0.15) is 0 Å². The van der Waals surface area contributed by atoms with Crippen LogP contribution in [0.3, 0.4) is 0 Å². The molecule has 1 aliphatic rings. The zero-order valence-corrected chi connectivity index (χ0v) is 15.6. The van der Waals surface area contributed by atoms with Gasteiger partial charge in [-0.25, -0.2) is 14.0 Å². The maximum atomic E-state index is 14.9. The summed E-state index contributed by atoms with van der Waals surface area (Å²) in [6.07, 6.45) is -3.27. The molecule has 0 aliphatic carbocycles. The van der Waals surface area contributed by atoms with E-state index in [0.717, 1.165) is 18.7 Å². The summed E-state index contributed by atoms with van der Waals surface area (Å²) in [7, 11) is 0. The Morgan fingerprint density at radius 2 is 1.29 bits per heavy atom. The second-order valence-electron chi connectivity index (χ2n) is 5.93. The first-order valence-electron chi connectivity index (χ1n) is 8.44. The summed E-state index contributed by atoms with van der Waals surface area (Å²) >= 11 is 0.777. The van der Waals surface area contributed by atoms with Crippen LogP contribution in [0.4, 0.5) is 4.39 Å². The topological polar surface area (TPSA) is 78.9 Å². The Morgan fingerprint density at radius 3 is 1.79 bits per heavy atom. The van der Waals surface area contributed by atoms with Gasteiger partial charge in [0.1, 0.15) is 0 Å². The largest absolute Gasteiger partial charge is 0.451 e. The van der Waals surface area contributed by atoms with E-state index in [4.69, 9.17) is 14.2 Å². The van der Waals surface area contributed by atoms with Crippen LogP contribution in [0, 0.1) is 0 Å². The number of benzene rings is 2. The molecule has 3 rings (SSSR count). The number of alkyl halides is 1. The third-order valence-corrected chi connectivity index (χ3v) is 5.13. The number of carbonyl (C=O) groups is 3. The van der Waals surface area contributed by atoms with Gasteiger partial charge in [-0.05, 0) is 24.3 Å². The molecule has 8 heteroatoms. The van der Waals surface area contributed by atoms with E-state index < -0.39 is 41.1 Å². The summed E-state index contributed by atoms with van der Waals surface area (Å²) in [4.78, 5) is 35.8. The van der Waals surface area contributed by atoms with Crippen molar-refractivity contribution in [1.82, 2.24) is 0 Å². The Morgan fingerprint density at radius 1 is 0.786 bits per heavy atom. The van der Waals surface area contributed by atoms with Crippen LogP contribution in [-0.4, -0.2) is 41.1 Å². The van der Waals surface area contributed by atoms with E-state index in [1.54, 1.807) is 36.4 Å². The van der Waals surface area contributed by atoms with Gasteiger partial charge in [0.15, 0.2) is 23.1 Å². The average molecular weight is 404 g/mol. The first-order chi connectivity index (χ1) is 13.5. The molecule has 0 N–H and O–H groups in total. The van der Waals surface area contributed by atoms with Crippen molar-refractivity contribution in [3.8, 4) is 0 Å². The lowest BCUT2D eigenvalue weighted by Gasteiger charge is -2.20. The maximum absolute atomic E-state index is 14.9. The summed E-state index contributed by atoms with van der Waals surface area (Å²) in [5.41, 5.74) is -1.94. The lowest BCUT2D eigenvalue weighted by atomic mass is 10.2. The molecule has 1 heterocycles. The molecule has 1 unspecified atom stereocenters. The zero-order chi connectivity index (χ0) is 20.1. The highest BCUT2D eigenvalue weighted by Gasteiger charge is 2.51. The second kappa shape index (κ2) is 8.88. The summed E-state index contributed by atoms with van der Waals surface area (Å²) in [5.74, 6) is -2.15. The van der Waals surface area contributed by atoms with Crippen LogP contribution in [0.2, 0.25) is 0 Å². The van der Waals surface area contributed by atoms with Crippen LogP contribution in [0.15, 0.2) is 60.7 Å². The molecule has 28 heavy (non-hydrogen) atoms. The van der Waals surface area contributed by atoms with Gasteiger partial charge >= 0.3 is 17.9 Å². The second-order valence-corrected chi connectivity index (χ2v) is 7.14. The number of thioether (sulfide) groups is 1. The lowest BCUT2D eigenvalue weighted by Crippen LogP contribution is -2.37. The SMILES string of the molecule is CC(=O)OC1S[C@@H](OC(=O)c2ccccc2)[C@@H](F)[C@H]1OC(=O)c1ccccc1. The molecular weight excluding hydrogens is 387 g/mol. The number of rotatable bonds is 5. The number of hydrogen-bond acceptors (Lipinski definition) is 7. The standard InChI is InChI=1S/C20H17FO6S/c1-12(22)25-20-16(26-17(23)13-8-4-2-5-9-13)15(21)19(28-20)27-18(24)14-10-6-3-7-11-14/h2-11,15-16,19-20H,1H3/t15-,16+,19+,20?/m0/s1. The minimum Gasteiger partial charge on any atom is -0.451 e. The van der Waals surface area contributed by atoms with Crippen LogP contribution in [0.5, 0.6) is 0 Å². The van der Waals surface area contributed by atoms with Gasteiger partial charge < -0.3 is 14.2 Å². The van der Waals surface area contributed by atoms with E-state index in [2.05, 4.69) is 0 Å². The minimum absolute atomic E-state index is 0.228. The molecular formula is C20H17FO6S. The zero-order valence-electron chi connectivity index (χ0n) is 14.8. The Labute approximate surface area is 165 Å². The average Bonchev–Trinajstić information content (AvgIpc) is 2.97. The first kappa shape index (κ1) is 19.9. The highest BCUT2D eigenvalue weighted by atomic mass is 32.2. The van der Waals surface area contributed by atoms with Crippen molar-refractivity contribution in [3.05, 3.63) is 71.8 Å². The smallest absolute Gasteiger partial charge is 0.339 e. The van der Waals surface area contributed by atoms with Gasteiger partial charge in [-0.15, -0.1) is 0 Å². The molecule has 146 valence electrons. The van der Waals surface area contributed by atoms with Crippen LogP contribution in [0.25, 0.3) is 0 Å². The van der Waals surface area contributed by atoms with Crippen LogP contribution < -0.4 is 0 Å². The number of hydrogen-bond donors (Lipinski definition) is 0. The molecule has 0 amide bonds. The van der Waals surface area contributed by atoms with Crippen LogP contribution >= 0.6 is 11.8 Å². The molecule has 1 fully saturated rings. The van der Waals surface area contributed by atoms with Gasteiger partial charge in [-0.3, -0.25) is 4.79 Å². The van der Waals surface area contributed by atoms with E-state index in [9.17, 15) is 18.8 Å². The van der Waals surface area contributed by atoms with Crippen LogP contribution in [-0.2, 0) is 19.0 Å². The van der Waals surface area contributed by atoms with Crippen molar-refractivity contribution in [2.24, 2.45) is 0 Å². The first-order valence-corrected chi connectivity index (χ1v) is 9.39. The summed E-state index contributed by atoms with van der Waals surface area (Å²) in [5, 5.41) is 0. The van der Waals surface area contributed by atoms with Gasteiger partial charge in [0.05, 0.1) is 11.1 Å². The fraction of sp³-hybridized carbons (Fsp3) is 0.250. The van der Waals surface area contributed by atoms with Gasteiger partial charge in [-0.1, -0.05) is 48.2 Å². The van der Waals surface area contributed by atoms with Gasteiger partial charge in [0, 0.05) is 6.92 Å². The van der Waals surface area contributed by atoms with E-state index in [1.165, 1.54) is 24.3 Å². The fourth-order valence-electron chi connectivity index (χ4n) is 2.58. The minimum atomic E-state index is -1.87. The molecule has 2 aromatic rings. The third kappa shape index (κ3) is 4.69. The van der Waals surface area contributed by atoms with E-state index in [-0.39, 0.29) is 11.1 Å². The Bertz CT molecular complexity index is 844. The van der Waals surface area contributed by atoms with Crippen molar-refractivity contribution in [2.45, 2.75) is 30.1 Å². The Balaban J connectivity index is 1.73. The fourth-order valence-corrected chi connectivity index (χ4v) is 3.84. The van der Waals surface area contributed by atoms with Crippen molar-refractivity contribution in [2.75, 3.05) is 0 Å². The molecule has 0 spiro atoms. The van der Waals surface area contributed by atoms with Crippen molar-refractivity contribution in [3.63, 3.8) is 0 Å². The number of esters is 3. The van der Waals surface area contributed by atoms with Gasteiger partial charge in [0.2, 0.25) is 0 Å². The molecule has 0 radical (unpaired) electrons. The monoisotopic (exact) mass is 404 g/mol. The molecule has 2 aromatic carbocycles. The van der Waals surface area contributed by atoms with Gasteiger partial charge in [0.25, 0.3) is 0 Å². The number of ether oxygens (including phenoxy) is 3. The highest BCUT2D eigenvalue weighted by molar-refractivity contribution is 8.00. The highest BCUT2D eigenvalue weighted by Crippen LogP contribution is 2.40. The van der Waals surface area contributed by atoms with Crippen LogP contribution in [0.1, 0.15) is 27.6 Å². The predicted molar refractivity (Wildman–Crippen MR) is 99.3 cm³/mol. The van der Waals surface area contributed by atoms with Crippen molar-refractivity contribution in [1.29, 1.82) is 0 Å². The lowest BCUT2D eigenvalue weighted by molar-refractivity contribution is -0.147. The molecule has 1 aliphatic heterocycles. The predicted octanol–water partition coefficient (Wildman–Crippen LogP) is 3.37. The summed E-state index contributed by atoms with van der Waals surface area (Å²) in [6, 6.07) is 16.1. The third-order valence-electron chi connectivity index (χ3n) is 3.88. The van der Waals surface area contributed by atoms with Crippen molar-refractivity contribution >= 4 is 29.7 Å². The van der Waals surface area contributed by atoms with Crippen molar-refractivity contribution < 1.29 is 33.0 Å². The summed E-state index contributed by atoms with van der Waals surface area (Å²) in [6.45, 7) is 1.16. The molecule has 0 bridgehead atoms. The molecule has 6 nitrogen and oxygen atoms in total. The Kier molecular flexibility index (Phi) is 6.30. The maximum Gasteiger partial charge on any atom is 0.339 e. The van der Waals surface area contributed by atoms with E-state index in [0.29, 0.717) is 0 Å². The van der Waals surface area contributed by atoms with E-state index in [1.807, 2.05) is 0 Å². The number of halogens is 1.